The summed E-state index contributed by atoms with van der Waals surface area (Å²) < 4.78 is 0. The second-order valence-electron chi connectivity index (χ2n) is 5.81. The number of amides is 1. The van der Waals surface area contributed by atoms with Gasteiger partial charge in [-0.2, -0.15) is 0 Å². The summed E-state index contributed by atoms with van der Waals surface area (Å²) in [5.74, 6) is 0.0999. The molecule has 0 aliphatic heterocycles. The van der Waals surface area contributed by atoms with E-state index in [1.54, 1.807) is 0 Å². The molecule has 0 heterocycles. The van der Waals surface area contributed by atoms with E-state index in [4.69, 9.17) is 11.5 Å². The van der Waals surface area contributed by atoms with E-state index in [-0.39, 0.29) is 17.4 Å². The number of carbonyl (C=O) groups excluding carboxylic acids is 1. The first-order valence-electron chi connectivity index (χ1n) is 7.15. The van der Waals surface area contributed by atoms with Crippen molar-refractivity contribution in [3.8, 4) is 0 Å². The fraction of sp³-hybridized carbons (Fsp3) is 0.562. The van der Waals surface area contributed by atoms with Gasteiger partial charge in [-0.05, 0) is 48.4 Å². The fourth-order valence-electron chi connectivity index (χ4n) is 3.67. The Morgan fingerprint density at radius 1 is 1.37 bits per heavy atom. The van der Waals surface area contributed by atoms with Crippen LogP contribution < -0.4 is 11.5 Å². The molecule has 2 unspecified atom stereocenters. The molecule has 0 spiro atoms. The van der Waals surface area contributed by atoms with Gasteiger partial charge >= 0.3 is 0 Å². The maximum atomic E-state index is 11.4. The summed E-state index contributed by atoms with van der Waals surface area (Å²) in [5, 5.41) is 0. The summed E-state index contributed by atoms with van der Waals surface area (Å²) in [4.78, 5) is 11.4. The number of nitrogens with two attached hydrogens (primary N) is 2. The van der Waals surface area contributed by atoms with Gasteiger partial charge in [0.2, 0.25) is 5.91 Å². The van der Waals surface area contributed by atoms with Crippen LogP contribution in [0.4, 0.5) is 0 Å². The van der Waals surface area contributed by atoms with Crippen molar-refractivity contribution >= 4 is 5.91 Å². The third kappa shape index (κ3) is 2.06. The lowest BCUT2D eigenvalue weighted by molar-refractivity contribution is 0.1000. The first-order chi connectivity index (χ1) is 8.96. The molecule has 0 bridgehead atoms. The van der Waals surface area contributed by atoms with Gasteiger partial charge in [0.25, 0.3) is 0 Å². The van der Waals surface area contributed by atoms with Crippen LogP contribution in [0.2, 0.25) is 0 Å². The molecular weight excluding hydrogens is 236 g/mol. The van der Waals surface area contributed by atoms with E-state index in [0.29, 0.717) is 11.5 Å². The molecule has 2 atom stereocenters. The summed E-state index contributed by atoms with van der Waals surface area (Å²) >= 11 is 0. The SMILES string of the molecule is CCC1(CC)c2cc(C(N)=O)ccc2CC(C)C1N. The molecule has 1 aliphatic rings. The van der Waals surface area contributed by atoms with Gasteiger partial charge in [0.1, 0.15) is 0 Å². The molecule has 2 rings (SSSR count). The van der Waals surface area contributed by atoms with Crippen LogP contribution in [0.1, 0.15) is 55.1 Å². The molecule has 19 heavy (non-hydrogen) atoms. The number of carbonyl (C=O) groups is 1. The van der Waals surface area contributed by atoms with Crippen molar-refractivity contribution in [2.24, 2.45) is 17.4 Å². The van der Waals surface area contributed by atoms with E-state index in [1.165, 1.54) is 11.1 Å². The Hall–Kier alpha value is -1.35. The maximum absolute atomic E-state index is 11.4. The monoisotopic (exact) mass is 260 g/mol. The van der Waals surface area contributed by atoms with Crippen molar-refractivity contribution < 1.29 is 4.79 Å². The van der Waals surface area contributed by atoms with E-state index in [1.807, 2.05) is 12.1 Å². The first-order valence-corrected chi connectivity index (χ1v) is 7.15. The Bertz CT molecular complexity index is 492. The van der Waals surface area contributed by atoms with Crippen LogP contribution in [0.5, 0.6) is 0 Å². The average Bonchev–Trinajstić information content (AvgIpc) is 2.40. The molecule has 3 heteroatoms. The van der Waals surface area contributed by atoms with E-state index in [9.17, 15) is 4.79 Å². The maximum Gasteiger partial charge on any atom is 0.248 e. The minimum atomic E-state index is -0.365. The van der Waals surface area contributed by atoms with Crippen molar-refractivity contribution in [3.63, 3.8) is 0 Å². The fourth-order valence-corrected chi connectivity index (χ4v) is 3.67. The van der Waals surface area contributed by atoms with Gasteiger partial charge in [0, 0.05) is 17.0 Å². The Morgan fingerprint density at radius 2 is 2.00 bits per heavy atom. The van der Waals surface area contributed by atoms with Gasteiger partial charge in [0.05, 0.1) is 0 Å². The van der Waals surface area contributed by atoms with Crippen LogP contribution in [0.15, 0.2) is 18.2 Å². The molecule has 0 saturated heterocycles. The van der Waals surface area contributed by atoms with Crippen molar-refractivity contribution in [3.05, 3.63) is 34.9 Å². The quantitative estimate of drug-likeness (QED) is 0.876. The van der Waals surface area contributed by atoms with Crippen LogP contribution in [0, 0.1) is 5.92 Å². The molecule has 1 amide bonds. The topological polar surface area (TPSA) is 69.1 Å². The van der Waals surface area contributed by atoms with Crippen LogP contribution in [-0.4, -0.2) is 11.9 Å². The summed E-state index contributed by atoms with van der Waals surface area (Å²) in [6, 6.07) is 5.99. The molecule has 0 fully saturated rings. The normalized spacial score (nSPS) is 24.8. The van der Waals surface area contributed by atoms with Crippen LogP contribution in [-0.2, 0) is 11.8 Å². The van der Waals surface area contributed by atoms with E-state index < -0.39 is 0 Å². The van der Waals surface area contributed by atoms with Gasteiger partial charge in [-0.15, -0.1) is 0 Å². The standard InChI is InChI=1S/C16H24N2O/c1-4-16(5-2)13-9-12(15(18)19)7-6-11(13)8-10(3)14(16)17/h6-7,9-10,14H,4-5,8,17H2,1-3H3,(H2,18,19). The molecule has 4 N–H and O–H groups in total. The van der Waals surface area contributed by atoms with Gasteiger partial charge in [-0.3, -0.25) is 4.79 Å². The Morgan fingerprint density at radius 3 is 2.53 bits per heavy atom. The second-order valence-corrected chi connectivity index (χ2v) is 5.81. The summed E-state index contributed by atoms with van der Waals surface area (Å²) in [5.41, 5.74) is 15.0. The van der Waals surface area contributed by atoms with Gasteiger partial charge in [-0.25, -0.2) is 0 Å². The zero-order valence-electron chi connectivity index (χ0n) is 12.1. The lowest BCUT2D eigenvalue weighted by Gasteiger charge is -2.46. The highest BCUT2D eigenvalue weighted by atomic mass is 16.1. The molecule has 0 saturated carbocycles. The minimum absolute atomic E-state index is 0.0293. The van der Waals surface area contributed by atoms with E-state index in [0.717, 1.165) is 19.3 Å². The van der Waals surface area contributed by atoms with Gasteiger partial charge < -0.3 is 11.5 Å². The second kappa shape index (κ2) is 4.97. The Labute approximate surface area is 115 Å². The van der Waals surface area contributed by atoms with Crippen molar-refractivity contribution in [2.75, 3.05) is 0 Å². The Kier molecular flexibility index (Phi) is 3.68. The Balaban J connectivity index is 2.63. The molecule has 1 aromatic rings. The number of fused-ring (bicyclic) bond motifs is 1. The highest BCUT2D eigenvalue weighted by Crippen LogP contribution is 2.44. The van der Waals surface area contributed by atoms with Crippen LogP contribution >= 0.6 is 0 Å². The zero-order valence-corrected chi connectivity index (χ0v) is 12.1. The van der Waals surface area contributed by atoms with Crippen molar-refractivity contribution in [1.82, 2.24) is 0 Å². The van der Waals surface area contributed by atoms with Crippen LogP contribution in [0.25, 0.3) is 0 Å². The highest BCUT2D eigenvalue weighted by Gasteiger charge is 2.43. The average molecular weight is 260 g/mol. The molecule has 1 aliphatic carbocycles. The molecule has 1 aromatic carbocycles. The predicted octanol–water partition coefficient (Wildman–Crippen LogP) is 2.36. The first kappa shape index (κ1) is 14.1. The van der Waals surface area contributed by atoms with Gasteiger partial charge in [0.15, 0.2) is 0 Å². The number of rotatable bonds is 3. The molecule has 104 valence electrons. The summed E-state index contributed by atoms with van der Waals surface area (Å²) in [6.07, 6.45) is 2.96. The predicted molar refractivity (Wildman–Crippen MR) is 78.1 cm³/mol. The minimum Gasteiger partial charge on any atom is -0.366 e. The number of benzene rings is 1. The highest BCUT2D eigenvalue weighted by molar-refractivity contribution is 5.93. The number of primary amides is 1. The third-order valence-corrected chi connectivity index (χ3v) is 4.99. The lowest BCUT2D eigenvalue weighted by atomic mass is 9.60. The van der Waals surface area contributed by atoms with Gasteiger partial charge in [-0.1, -0.05) is 26.8 Å². The number of hydrogen-bond acceptors (Lipinski definition) is 2. The zero-order chi connectivity index (χ0) is 14.2. The van der Waals surface area contributed by atoms with Crippen molar-refractivity contribution in [2.45, 2.75) is 51.5 Å². The molecule has 0 aromatic heterocycles. The number of hydrogen-bond donors (Lipinski definition) is 2. The van der Waals surface area contributed by atoms with E-state index in [2.05, 4.69) is 26.8 Å². The third-order valence-electron chi connectivity index (χ3n) is 4.99. The largest absolute Gasteiger partial charge is 0.366 e. The molecule has 3 nitrogen and oxygen atoms in total. The van der Waals surface area contributed by atoms with Crippen LogP contribution in [0.3, 0.4) is 0 Å². The summed E-state index contributed by atoms with van der Waals surface area (Å²) in [7, 11) is 0. The molecule has 0 radical (unpaired) electrons. The van der Waals surface area contributed by atoms with Crippen molar-refractivity contribution in [1.29, 1.82) is 0 Å². The lowest BCUT2D eigenvalue weighted by Crippen LogP contribution is -2.52. The molecular formula is C16H24N2O. The smallest absolute Gasteiger partial charge is 0.248 e. The summed E-state index contributed by atoms with van der Waals surface area (Å²) in [6.45, 7) is 6.58. The van der Waals surface area contributed by atoms with E-state index >= 15 is 0 Å².